The highest BCUT2D eigenvalue weighted by Crippen LogP contribution is 2.24. The van der Waals surface area contributed by atoms with Gasteiger partial charge in [-0.3, -0.25) is 0 Å². The molecule has 0 aliphatic heterocycles. The first-order chi connectivity index (χ1) is 8.28. The standard InChI is InChI=1S/C11H16ClN3O2S/c1-8-4-5-9(14-11(13)7-12)6-10(8)18(16,17)15(2)3/h4-6H,7H2,1-3H3,(H2,13,14). The van der Waals surface area contributed by atoms with E-state index in [9.17, 15) is 8.42 Å². The van der Waals surface area contributed by atoms with Gasteiger partial charge in [-0.15, -0.1) is 11.6 Å². The molecule has 0 atom stereocenters. The summed E-state index contributed by atoms with van der Waals surface area (Å²) in [4.78, 5) is 4.25. The summed E-state index contributed by atoms with van der Waals surface area (Å²) in [6, 6.07) is 4.88. The van der Waals surface area contributed by atoms with Crippen molar-refractivity contribution in [3.8, 4) is 0 Å². The van der Waals surface area contributed by atoms with Crippen molar-refractivity contribution in [3.05, 3.63) is 23.8 Å². The molecule has 1 aromatic rings. The lowest BCUT2D eigenvalue weighted by Crippen LogP contribution is -2.23. The number of hydrogen-bond donors (Lipinski definition) is 1. The molecule has 0 aliphatic rings. The maximum atomic E-state index is 12.1. The summed E-state index contributed by atoms with van der Waals surface area (Å²) >= 11 is 5.53. The van der Waals surface area contributed by atoms with Crippen LogP contribution >= 0.6 is 11.6 Å². The highest BCUT2D eigenvalue weighted by atomic mass is 35.5. The van der Waals surface area contributed by atoms with Crippen molar-refractivity contribution in [1.29, 1.82) is 0 Å². The van der Waals surface area contributed by atoms with Gasteiger partial charge < -0.3 is 5.73 Å². The van der Waals surface area contributed by atoms with E-state index >= 15 is 0 Å². The predicted molar refractivity (Wildman–Crippen MR) is 74.1 cm³/mol. The molecule has 5 nitrogen and oxygen atoms in total. The third-order valence-electron chi connectivity index (χ3n) is 2.34. The van der Waals surface area contributed by atoms with Gasteiger partial charge in [-0.2, -0.15) is 0 Å². The fraction of sp³-hybridized carbons (Fsp3) is 0.364. The Morgan fingerprint density at radius 3 is 2.56 bits per heavy atom. The first-order valence-electron chi connectivity index (χ1n) is 5.21. The smallest absolute Gasteiger partial charge is 0.242 e. The van der Waals surface area contributed by atoms with Gasteiger partial charge in [0.15, 0.2) is 0 Å². The molecule has 100 valence electrons. The summed E-state index contributed by atoms with van der Waals surface area (Å²) in [5.74, 6) is 0.345. The molecule has 0 spiro atoms. The van der Waals surface area contributed by atoms with Crippen LogP contribution in [0.1, 0.15) is 5.56 Å². The number of aliphatic imine (C=N–C) groups is 1. The van der Waals surface area contributed by atoms with Crippen LogP contribution in [0.2, 0.25) is 0 Å². The minimum atomic E-state index is -3.48. The average Bonchev–Trinajstić information content (AvgIpc) is 2.31. The van der Waals surface area contributed by atoms with E-state index in [2.05, 4.69) is 4.99 Å². The third kappa shape index (κ3) is 3.22. The van der Waals surface area contributed by atoms with Crippen molar-refractivity contribution in [2.24, 2.45) is 10.7 Å². The highest BCUT2D eigenvalue weighted by molar-refractivity contribution is 7.89. The fourth-order valence-electron chi connectivity index (χ4n) is 1.33. The van der Waals surface area contributed by atoms with E-state index in [0.29, 0.717) is 11.3 Å². The van der Waals surface area contributed by atoms with Gasteiger partial charge in [0.2, 0.25) is 10.0 Å². The van der Waals surface area contributed by atoms with E-state index in [1.165, 1.54) is 20.2 Å². The second-order valence-corrected chi connectivity index (χ2v) is 6.36. The number of hydrogen-bond acceptors (Lipinski definition) is 3. The highest BCUT2D eigenvalue weighted by Gasteiger charge is 2.19. The van der Waals surface area contributed by atoms with Gasteiger partial charge in [0, 0.05) is 14.1 Å². The monoisotopic (exact) mass is 289 g/mol. The SMILES string of the molecule is Cc1ccc(N=C(N)CCl)cc1S(=O)(=O)N(C)C. The van der Waals surface area contributed by atoms with Crippen LogP contribution in [0.15, 0.2) is 28.1 Å². The molecule has 1 aromatic carbocycles. The summed E-state index contributed by atoms with van der Waals surface area (Å²) < 4.78 is 25.3. The molecule has 0 heterocycles. The van der Waals surface area contributed by atoms with E-state index in [0.717, 1.165) is 4.31 Å². The Morgan fingerprint density at radius 2 is 2.06 bits per heavy atom. The topological polar surface area (TPSA) is 75.8 Å². The number of nitrogens with zero attached hydrogens (tertiary/aromatic N) is 2. The molecule has 0 radical (unpaired) electrons. The van der Waals surface area contributed by atoms with Crippen molar-refractivity contribution in [3.63, 3.8) is 0 Å². The molecular weight excluding hydrogens is 274 g/mol. The van der Waals surface area contributed by atoms with Gasteiger partial charge in [0.1, 0.15) is 5.84 Å². The van der Waals surface area contributed by atoms with Crippen LogP contribution in [0.3, 0.4) is 0 Å². The summed E-state index contributed by atoms with van der Waals surface area (Å²) in [7, 11) is -0.514. The second kappa shape index (κ2) is 5.69. The van der Waals surface area contributed by atoms with Crippen LogP contribution in [-0.2, 0) is 10.0 Å². The molecule has 0 bridgehead atoms. The largest absolute Gasteiger partial charge is 0.386 e. The Kier molecular flexibility index (Phi) is 4.72. The fourth-order valence-corrected chi connectivity index (χ4v) is 2.53. The molecule has 18 heavy (non-hydrogen) atoms. The number of alkyl halides is 1. The Bertz CT molecular complexity index is 568. The zero-order chi connectivity index (χ0) is 13.9. The van der Waals surface area contributed by atoms with Gasteiger partial charge >= 0.3 is 0 Å². The Hall–Kier alpha value is -1.11. The molecule has 0 unspecified atom stereocenters. The number of aryl methyl sites for hydroxylation is 1. The van der Waals surface area contributed by atoms with Crippen molar-refractivity contribution in [1.82, 2.24) is 4.31 Å². The van der Waals surface area contributed by atoms with Gasteiger partial charge in [-0.05, 0) is 24.6 Å². The molecule has 0 fully saturated rings. The summed E-state index contributed by atoms with van der Waals surface area (Å²) in [6.07, 6.45) is 0. The predicted octanol–water partition coefficient (Wildman–Crippen LogP) is 1.47. The maximum Gasteiger partial charge on any atom is 0.242 e. The van der Waals surface area contributed by atoms with Crippen molar-refractivity contribution >= 4 is 33.1 Å². The van der Waals surface area contributed by atoms with Crippen molar-refractivity contribution in [2.45, 2.75) is 11.8 Å². The van der Waals surface area contributed by atoms with E-state index in [4.69, 9.17) is 17.3 Å². The van der Waals surface area contributed by atoms with Crippen molar-refractivity contribution in [2.75, 3.05) is 20.0 Å². The zero-order valence-electron chi connectivity index (χ0n) is 10.5. The quantitative estimate of drug-likeness (QED) is 0.518. The second-order valence-electron chi connectivity index (χ2n) is 3.97. The first-order valence-corrected chi connectivity index (χ1v) is 7.18. The lowest BCUT2D eigenvalue weighted by atomic mass is 10.2. The Balaban J connectivity index is 3.35. The minimum Gasteiger partial charge on any atom is -0.386 e. The zero-order valence-corrected chi connectivity index (χ0v) is 12.1. The normalized spacial score (nSPS) is 13.1. The van der Waals surface area contributed by atoms with Crippen molar-refractivity contribution < 1.29 is 8.42 Å². The molecule has 1 rings (SSSR count). The van der Waals surface area contributed by atoms with Gasteiger partial charge in [-0.25, -0.2) is 17.7 Å². The summed E-state index contributed by atoms with van der Waals surface area (Å²) in [5, 5.41) is 0. The molecule has 7 heteroatoms. The van der Waals surface area contributed by atoms with Crippen LogP contribution in [0, 0.1) is 6.92 Å². The average molecular weight is 290 g/mol. The number of nitrogens with two attached hydrogens (primary N) is 1. The van der Waals surface area contributed by atoms with Crippen LogP contribution in [0.5, 0.6) is 0 Å². The number of amidine groups is 1. The number of sulfonamides is 1. The van der Waals surface area contributed by atoms with E-state index in [1.54, 1.807) is 19.1 Å². The molecule has 0 amide bonds. The summed E-state index contributed by atoms with van der Waals surface area (Å²) in [5.41, 5.74) is 6.65. The number of rotatable bonds is 4. The van der Waals surface area contributed by atoms with Gasteiger partial charge in [0.25, 0.3) is 0 Å². The number of benzene rings is 1. The molecule has 0 saturated heterocycles. The molecular formula is C11H16ClN3O2S. The van der Waals surface area contributed by atoms with E-state index in [-0.39, 0.29) is 16.6 Å². The third-order valence-corrected chi connectivity index (χ3v) is 4.57. The van der Waals surface area contributed by atoms with Gasteiger partial charge in [-0.1, -0.05) is 6.07 Å². The van der Waals surface area contributed by atoms with Crippen LogP contribution in [0.4, 0.5) is 5.69 Å². The molecule has 0 aromatic heterocycles. The van der Waals surface area contributed by atoms with Crippen LogP contribution in [0.25, 0.3) is 0 Å². The Morgan fingerprint density at radius 1 is 1.44 bits per heavy atom. The van der Waals surface area contributed by atoms with E-state index < -0.39 is 10.0 Å². The molecule has 0 aliphatic carbocycles. The minimum absolute atomic E-state index is 0.101. The lowest BCUT2D eigenvalue weighted by molar-refractivity contribution is 0.520. The first kappa shape index (κ1) is 14.9. The van der Waals surface area contributed by atoms with Crippen LogP contribution in [-0.4, -0.2) is 38.5 Å². The maximum absolute atomic E-state index is 12.1. The molecule has 0 saturated carbocycles. The lowest BCUT2D eigenvalue weighted by Gasteiger charge is -2.13. The van der Waals surface area contributed by atoms with Crippen LogP contribution < -0.4 is 5.73 Å². The Labute approximate surface area is 112 Å². The summed E-state index contributed by atoms with van der Waals surface area (Å²) in [6.45, 7) is 1.73. The van der Waals surface area contributed by atoms with E-state index in [1.807, 2.05) is 0 Å². The molecule has 2 N–H and O–H groups in total. The number of halogens is 1. The van der Waals surface area contributed by atoms with Gasteiger partial charge in [0.05, 0.1) is 16.5 Å².